The van der Waals surface area contributed by atoms with Crippen molar-refractivity contribution in [2.75, 3.05) is 0 Å². The van der Waals surface area contributed by atoms with Gasteiger partial charge in [-0.2, -0.15) is 0 Å². The first-order valence-electron chi connectivity index (χ1n) is 3.34. The fourth-order valence-corrected chi connectivity index (χ4v) is 0.925. The van der Waals surface area contributed by atoms with Gasteiger partial charge in [0.15, 0.2) is 0 Å². The second kappa shape index (κ2) is 2.45. The van der Waals surface area contributed by atoms with Crippen molar-refractivity contribution in [1.82, 2.24) is 0 Å². The summed E-state index contributed by atoms with van der Waals surface area (Å²) in [7, 11) is 1.78. The van der Waals surface area contributed by atoms with Gasteiger partial charge < -0.3 is 0 Å². The Morgan fingerprint density at radius 3 is 2.20 bits per heavy atom. The topological polar surface area (TPSA) is 0 Å². The molecule has 0 heterocycles. The molecule has 0 atom stereocenters. The van der Waals surface area contributed by atoms with Crippen molar-refractivity contribution in [3.05, 3.63) is 29.1 Å². The number of hydrogen-bond donors (Lipinski definition) is 0. The summed E-state index contributed by atoms with van der Waals surface area (Å²) < 4.78 is 12.8. The van der Waals surface area contributed by atoms with Crippen molar-refractivity contribution >= 4 is 13.3 Å². The molecule has 0 saturated carbocycles. The fraction of sp³-hybridized carbons (Fsp3) is 0.250. The van der Waals surface area contributed by atoms with Gasteiger partial charge in [0, 0.05) is 0 Å². The van der Waals surface area contributed by atoms with Crippen LogP contribution in [0.5, 0.6) is 0 Å². The molecule has 0 amide bonds. The van der Waals surface area contributed by atoms with Crippen LogP contribution in [0.1, 0.15) is 11.1 Å². The van der Waals surface area contributed by atoms with E-state index >= 15 is 0 Å². The van der Waals surface area contributed by atoms with Gasteiger partial charge in [-0.25, -0.2) is 4.39 Å². The maximum absolute atomic E-state index is 12.8. The van der Waals surface area contributed by atoms with Gasteiger partial charge in [0.05, 0.1) is 0 Å². The monoisotopic (exact) mass is 136 g/mol. The van der Waals surface area contributed by atoms with Crippen LogP contribution in [0.4, 0.5) is 4.39 Å². The smallest absolute Gasteiger partial charge is 0.143 e. The van der Waals surface area contributed by atoms with Crippen LogP contribution in [0.25, 0.3) is 0 Å². The van der Waals surface area contributed by atoms with Crippen molar-refractivity contribution in [2.45, 2.75) is 13.8 Å². The molecule has 1 rings (SSSR count). The summed E-state index contributed by atoms with van der Waals surface area (Å²) in [6.45, 7) is 3.90. The van der Waals surface area contributed by atoms with Gasteiger partial charge in [-0.05, 0) is 31.0 Å². The third-order valence-corrected chi connectivity index (χ3v) is 1.77. The van der Waals surface area contributed by atoms with Crippen molar-refractivity contribution < 1.29 is 4.39 Å². The first-order valence-corrected chi connectivity index (χ1v) is 3.34. The van der Waals surface area contributed by atoms with E-state index in [1.54, 1.807) is 13.9 Å². The molecular formula is C8H10BF. The van der Waals surface area contributed by atoms with Crippen LogP contribution < -0.4 is 5.46 Å². The Balaban J connectivity index is 3.28. The van der Waals surface area contributed by atoms with E-state index in [1.165, 1.54) is 0 Å². The average Bonchev–Trinajstić information content (AvgIpc) is 1.84. The molecule has 0 nitrogen and oxygen atoms in total. The minimum atomic E-state index is -0.108. The van der Waals surface area contributed by atoms with Crippen molar-refractivity contribution in [1.29, 1.82) is 0 Å². The Bertz CT molecular complexity index is 205. The molecule has 0 bridgehead atoms. The van der Waals surface area contributed by atoms with E-state index in [-0.39, 0.29) is 5.82 Å². The third-order valence-electron chi connectivity index (χ3n) is 1.77. The summed E-state index contributed by atoms with van der Waals surface area (Å²) in [5.74, 6) is -0.108. The molecule has 0 aromatic heterocycles. The fourth-order valence-electron chi connectivity index (χ4n) is 0.925. The van der Waals surface area contributed by atoms with Gasteiger partial charge in [0.1, 0.15) is 13.7 Å². The zero-order chi connectivity index (χ0) is 7.72. The number of hydrogen-bond acceptors (Lipinski definition) is 0. The summed E-state index contributed by atoms with van der Waals surface area (Å²) in [5.41, 5.74) is 2.89. The predicted octanol–water partition coefficient (Wildman–Crippen LogP) is 0.701. The maximum Gasteiger partial charge on any atom is 0.143 e. The Morgan fingerprint density at radius 1 is 1.20 bits per heavy atom. The van der Waals surface area contributed by atoms with Gasteiger partial charge in [-0.1, -0.05) is 11.5 Å². The third kappa shape index (κ3) is 1.20. The quantitative estimate of drug-likeness (QED) is 0.460. The molecule has 0 radical (unpaired) electrons. The standard InChI is InChI=1S/C8H10BF/c1-5-3-7(9)8(10)4-6(5)2/h3-4H,9H2,1-2H3. The van der Waals surface area contributed by atoms with E-state index in [2.05, 4.69) is 0 Å². The number of benzene rings is 1. The molecule has 0 aliphatic carbocycles. The summed E-state index contributed by atoms with van der Waals surface area (Å²) >= 11 is 0. The number of halogens is 1. The normalized spacial score (nSPS) is 9.90. The molecule has 52 valence electrons. The van der Waals surface area contributed by atoms with Crippen LogP contribution in [0, 0.1) is 19.7 Å². The Morgan fingerprint density at radius 2 is 1.70 bits per heavy atom. The molecule has 0 aliphatic heterocycles. The SMILES string of the molecule is Bc1cc(C)c(C)cc1F. The van der Waals surface area contributed by atoms with Crippen LogP contribution in [-0.4, -0.2) is 7.85 Å². The van der Waals surface area contributed by atoms with Gasteiger partial charge in [-0.3, -0.25) is 0 Å². The first-order chi connectivity index (χ1) is 4.61. The Kier molecular flexibility index (Phi) is 1.79. The summed E-state index contributed by atoms with van der Waals surface area (Å²) in [4.78, 5) is 0. The highest BCUT2D eigenvalue weighted by molar-refractivity contribution is 6.32. The van der Waals surface area contributed by atoms with E-state index < -0.39 is 0 Å². The number of rotatable bonds is 0. The molecular weight excluding hydrogens is 126 g/mol. The van der Waals surface area contributed by atoms with Gasteiger partial charge in [0.2, 0.25) is 0 Å². The van der Waals surface area contributed by atoms with Gasteiger partial charge in [0.25, 0.3) is 0 Å². The molecule has 1 aromatic rings. The highest BCUT2D eigenvalue weighted by Gasteiger charge is 1.98. The zero-order valence-electron chi connectivity index (χ0n) is 6.53. The molecule has 2 heteroatoms. The zero-order valence-corrected chi connectivity index (χ0v) is 6.53. The van der Waals surface area contributed by atoms with Crippen molar-refractivity contribution in [3.8, 4) is 0 Å². The number of aryl methyl sites for hydroxylation is 2. The van der Waals surface area contributed by atoms with Crippen LogP contribution in [0.15, 0.2) is 12.1 Å². The highest BCUT2D eigenvalue weighted by atomic mass is 19.1. The van der Waals surface area contributed by atoms with Crippen molar-refractivity contribution in [3.63, 3.8) is 0 Å². The van der Waals surface area contributed by atoms with Crippen LogP contribution in [-0.2, 0) is 0 Å². The Labute approximate surface area is 61.5 Å². The molecule has 0 unspecified atom stereocenters. The summed E-state index contributed by atoms with van der Waals surface area (Å²) in [6.07, 6.45) is 0. The molecule has 0 N–H and O–H groups in total. The largest absolute Gasteiger partial charge is 0.208 e. The van der Waals surface area contributed by atoms with Gasteiger partial charge in [-0.15, -0.1) is 0 Å². The minimum Gasteiger partial charge on any atom is -0.208 e. The lowest BCUT2D eigenvalue weighted by Gasteiger charge is -2.01. The molecule has 0 fully saturated rings. The van der Waals surface area contributed by atoms with E-state index in [4.69, 9.17) is 0 Å². The molecule has 0 aliphatic rings. The van der Waals surface area contributed by atoms with Crippen LogP contribution in [0.2, 0.25) is 0 Å². The molecule has 0 saturated heterocycles. The van der Waals surface area contributed by atoms with E-state index in [9.17, 15) is 4.39 Å². The second-order valence-corrected chi connectivity index (χ2v) is 2.69. The minimum absolute atomic E-state index is 0.108. The lowest BCUT2D eigenvalue weighted by molar-refractivity contribution is 0.634. The second-order valence-electron chi connectivity index (χ2n) is 2.69. The highest BCUT2D eigenvalue weighted by Crippen LogP contribution is 2.05. The maximum atomic E-state index is 12.8. The molecule has 0 spiro atoms. The lowest BCUT2D eigenvalue weighted by Crippen LogP contribution is -2.09. The molecule has 1 aromatic carbocycles. The summed E-state index contributed by atoms with van der Waals surface area (Å²) in [5, 5.41) is 0. The average molecular weight is 136 g/mol. The van der Waals surface area contributed by atoms with Crippen molar-refractivity contribution in [2.24, 2.45) is 0 Å². The predicted molar refractivity (Wildman–Crippen MR) is 44.1 cm³/mol. The summed E-state index contributed by atoms with van der Waals surface area (Å²) in [6, 6.07) is 3.44. The lowest BCUT2D eigenvalue weighted by atomic mass is 9.92. The van der Waals surface area contributed by atoms with E-state index in [0.29, 0.717) is 0 Å². The van der Waals surface area contributed by atoms with E-state index in [0.717, 1.165) is 16.6 Å². The van der Waals surface area contributed by atoms with Gasteiger partial charge >= 0.3 is 0 Å². The Hall–Kier alpha value is -0.785. The van der Waals surface area contributed by atoms with Crippen LogP contribution in [0.3, 0.4) is 0 Å². The van der Waals surface area contributed by atoms with E-state index in [1.807, 2.05) is 19.9 Å². The van der Waals surface area contributed by atoms with Crippen LogP contribution >= 0.6 is 0 Å². The first kappa shape index (κ1) is 7.32. The molecule has 10 heavy (non-hydrogen) atoms.